The van der Waals surface area contributed by atoms with E-state index in [0.717, 1.165) is 4.90 Å². The van der Waals surface area contributed by atoms with E-state index in [1.807, 2.05) is 0 Å². The Kier molecular flexibility index (Phi) is 2.94. The van der Waals surface area contributed by atoms with Crippen molar-refractivity contribution in [3.05, 3.63) is 59.2 Å². The normalized spacial score (nSPS) is 13.4. The predicted octanol–water partition coefficient (Wildman–Crippen LogP) is 0.971. The van der Waals surface area contributed by atoms with Gasteiger partial charge >= 0.3 is 5.97 Å². The van der Waals surface area contributed by atoms with Crippen LogP contribution in [0.15, 0.2) is 36.7 Å². The average molecular weight is 283 g/mol. The molecular weight excluding hydrogens is 274 g/mol. The maximum absolute atomic E-state index is 12.1. The van der Waals surface area contributed by atoms with Gasteiger partial charge in [-0.05, 0) is 23.8 Å². The van der Waals surface area contributed by atoms with Crippen molar-refractivity contribution in [3.63, 3.8) is 0 Å². The van der Waals surface area contributed by atoms with Crippen LogP contribution in [0.3, 0.4) is 0 Å². The molecule has 2 aromatic heterocycles. The Labute approximate surface area is 118 Å². The second kappa shape index (κ2) is 4.78. The highest BCUT2D eigenvalue weighted by Crippen LogP contribution is 2.22. The molecule has 0 aliphatic carbocycles. The molecule has 21 heavy (non-hydrogen) atoms. The number of hydrogen-bond donors (Lipinski definition) is 1. The number of amides is 2. The summed E-state index contributed by atoms with van der Waals surface area (Å²) in [5.74, 6) is -2.00. The van der Waals surface area contributed by atoms with E-state index >= 15 is 0 Å². The van der Waals surface area contributed by atoms with Gasteiger partial charge < -0.3 is 5.11 Å². The van der Waals surface area contributed by atoms with Crippen molar-refractivity contribution in [2.24, 2.45) is 0 Å². The van der Waals surface area contributed by atoms with Crippen LogP contribution in [0, 0.1) is 0 Å². The number of pyridine rings is 2. The Balaban J connectivity index is 1.85. The zero-order valence-corrected chi connectivity index (χ0v) is 10.7. The molecule has 0 fully saturated rings. The first-order valence-corrected chi connectivity index (χ1v) is 6.07. The first-order valence-electron chi connectivity index (χ1n) is 6.07. The van der Waals surface area contributed by atoms with E-state index in [4.69, 9.17) is 5.11 Å². The van der Waals surface area contributed by atoms with E-state index in [1.54, 1.807) is 12.1 Å². The van der Waals surface area contributed by atoms with Crippen LogP contribution in [0.2, 0.25) is 0 Å². The Morgan fingerprint density at radius 1 is 1.14 bits per heavy atom. The van der Waals surface area contributed by atoms with Gasteiger partial charge in [0.25, 0.3) is 11.8 Å². The van der Waals surface area contributed by atoms with Crippen LogP contribution >= 0.6 is 0 Å². The van der Waals surface area contributed by atoms with Crippen LogP contribution in [0.1, 0.15) is 36.9 Å². The number of aromatic carboxylic acids is 1. The van der Waals surface area contributed by atoms with E-state index in [9.17, 15) is 14.4 Å². The van der Waals surface area contributed by atoms with Gasteiger partial charge in [-0.15, -0.1) is 0 Å². The number of imide groups is 1. The summed E-state index contributed by atoms with van der Waals surface area (Å²) in [6.07, 6.45) is 2.79. The van der Waals surface area contributed by atoms with Crippen molar-refractivity contribution in [1.82, 2.24) is 14.9 Å². The van der Waals surface area contributed by atoms with Crippen LogP contribution in [0.5, 0.6) is 0 Å². The lowest BCUT2D eigenvalue weighted by molar-refractivity contribution is 0.0635. The summed E-state index contributed by atoms with van der Waals surface area (Å²) >= 11 is 0. The standard InChI is InChI=1S/C14H9N3O4/c18-12-9-2-1-5-15-11(9)13(19)17(12)7-8-3-4-10(14(20)21)16-6-8/h1-6H,7H2,(H,20,21). The molecule has 0 bridgehead atoms. The van der Waals surface area contributed by atoms with Gasteiger partial charge in [0.05, 0.1) is 12.1 Å². The zero-order valence-electron chi connectivity index (χ0n) is 10.7. The fourth-order valence-electron chi connectivity index (χ4n) is 2.08. The number of fused-ring (bicyclic) bond motifs is 1. The third-order valence-electron chi connectivity index (χ3n) is 3.12. The molecule has 1 aliphatic heterocycles. The predicted molar refractivity (Wildman–Crippen MR) is 69.6 cm³/mol. The Morgan fingerprint density at radius 2 is 1.95 bits per heavy atom. The number of carboxylic acids is 1. The lowest BCUT2D eigenvalue weighted by atomic mass is 10.2. The van der Waals surface area contributed by atoms with Crippen molar-refractivity contribution >= 4 is 17.8 Å². The van der Waals surface area contributed by atoms with Crippen molar-refractivity contribution in [1.29, 1.82) is 0 Å². The van der Waals surface area contributed by atoms with Gasteiger partial charge in [-0.3, -0.25) is 19.5 Å². The number of carboxylic acid groups (broad SMARTS) is 1. The highest BCUT2D eigenvalue weighted by molar-refractivity contribution is 6.20. The number of carbonyl (C=O) groups is 3. The van der Waals surface area contributed by atoms with Crippen molar-refractivity contribution in [3.8, 4) is 0 Å². The van der Waals surface area contributed by atoms with Crippen molar-refractivity contribution in [2.45, 2.75) is 6.54 Å². The smallest absolute Gasteiger partial charge is 0.354 e. The van der Waals surface area contributed by atoms with Crippen LogP contribution in [-0.4, -0.2) is 37.8 Å². The molecule has 0 spiro atoms. The molecule has 3 rings (SSSR count). The maximum Gasteiger partial charge on any atom is 0.354 e. The van der Waals surface area contributed by atoms with Gasteiger partial charge in [0, 0.05) is 12.4 Å². The molecule has 7 heteroatoms. The maximum atomic E-state index is 12.1. The summed E-state index contributed by atoms with van der Waals surface area (Å²) in [4.78, 5) is 43.7. The van der Waals surface area contributed by atoms with Crippen LogP contribution < -0.4 is 0 Å². The number of carbonyl (C=O) groups excluding carboxylic acids is 2. The molecule has 0 aromatic carbocycles. The number of hydrogen-bond acceptors (Lipinski definition) is 5. The molecule has 104 valence electrons. The summed E-state index contributed by atoms with van der Waals surface area (Å²) in [6, 6.07) is 5.99. The van der Waals surface area contributed by atoms with Crippen LogP contribution in [0.4, 0.5) is 0 Å². The quantitative estimate of drug-likeness (QED) is 0.842. The van der Waals surface area contributed by atoms with E-state index in [2.05, 4.69) is 9.97 Å². The van der Waals surface area contributed by atoms with Gasteiger partial charge in [-0.2, -0.15) is 0 Å². The molecule has 3 heterocycles. The minimum atomic E-state index is -1.13. The third-order valence-corrected chi connectivity index (χ3v) is 3.12. The fourth-order valence-corrected chi connectivity index (χ4v) is 2.08. The van der Waals surface area contributed by atoms with Gasteiger partial charge in [-0.1, -0.05) is 6.07 Å². The summed E-state index contributed by atoms with van der Waals surface area (Å²) in [7, 11) is 0. The minimum Gasteiger partial charge on any atom is -0.477 e. The highest BCUT2D eigenvalue weighted by Gasteiger charge is 2.36. The topological polar surface area (TPSA) is 100 Å². The number of aromatic nitrogens is 2. The van der Waals surface area contributed by atoms with Crippen molar-refractivity contribution in [2.75, 3.05) is 0 Å². The molecule has 0 unspecified atom stereocenters. The van der Waals surface area contributed by atoms with Gasteiger partial charge in [0.2, 0.25) is 0 Å². The van der Waals surface area contributed by atoms with E-state index < -0.39 is 17.8 Å². The summed E-state index contributed by atoms with van der Waals surface area (Å²) in [5, 5.41) is 8.77. The van der Waals surface area contributed by atoms with E-state index in [-0.39, 0.29) is 23.5 Å². The van der Waals surface area contributed by atoms with Gasteiger partial charge in [-0.25, -0.2) is 9.78 Å². The molecule has 0 saturated carbocycles. The molecule has 1 aliphatic rings. The number of nitrogens with zero attached hydrogens (tertiary/aromatic N) is 3. The summed E-state index contributed by atoms with van der Waals surface area (Å²) in [6.45, 7) is 0.0287. The Bertz CT molecular complexity index is 720. The molecule has 1 N–H and O–H groups in total. The number of rotatable bonds is 3. The highest BCUT2D eigenvalue weighted by atomic mass is 16.4. The Hall–Kier alpha value is -3.09. The summed E-state index contributed by atoms with van der Waals surface area (Å²) in [5.41, 5.74) is 0.882. The first kappa shape index (κ1) is 12.9. The van der Waals surface area contributed by atoms with Crippen LogP contribution in [0.25, 0.3) is 0 Å². The summed E-state index contributed by atoms with van der Waals surface area (Å²) < 4.78 is 0. The molecular formula is C14H9N3O4. The van der Waals surface area contributed by atoms with E-state index in [1.165, 1.54) is 24.5 Å². The Morgan fingerprint density at radius 3 is 2.57 bits per heavy atom. The average Bonchev–Trinajstić information content (AvgIpc) is 2.73. The van der Waals surface area contributed by atoms with Crippen LogP contribution in [-0.2, 0) is 6.54 Å². The lowest BCUT2D eigenvalue weighted by Gasteiger charge is -2.13. The van der Waals surface area contributed by atoms with Gasteiger partial charge in [0.1, 0.15) is 11.4 Å². The minimum absolute atomic E-state index is 0.0287. The lowest BCUT2D eigenvalue weighted by Crippen LogP contribution is -2.29. The first-order chi connectivity index (χ1) is 10.1. The van der Waals surface area contributed by atoms with E-state index in [0.29, 0.717) is 5.56 Å². The molecule has 2 amide bonds. The molecule has 0 atom stereocenters. The largest absolute Gasteiger partial charge is 0.477 e. The molecule has 0 saturated heterocycles. The second-order valence-corrected chi connectivity index (χ2v) is 4.45. The monoisotopic (exact) mass is 283 g/mol. The zero-order chi connectivity index (χ0) is 15.0. The fraction of sp³-hybridized carbons (Fsp3) is 0.0714. The molecule has 0 radical (unpaired) electrons. The molecule has 7 nitrogen and oxygen atoms in total. The van der Waals surface area contributed by atoms with Crippen molar-refractivity contribution < 1.29 is 19.5 Å². The third kappa shape index (κ3) is 2.14. The SMILES string of the molecule is O=C(O)c1ccc(CN2C(=O)c3cccnc3C2=O)cn1. The molecule has 2 aromatic rings. The van der Waals surface area contributed by atoms with Gasteiger partial charge in [0.15, 0.2) is 0 Å². The second-order valence-electron chi connectivity index (χ2n) is 4.45.